The summed E-state index contributed by atoms with van der Waals surface area (Å²) in [5, 5.41) is 3.75. The van der Waals surface area contributed by atoms with Crippen LogP contribution in [-0.4, -0.2) is 12.6 Å². The highest BCUT2D eigenvalue weighted by Crippen LogP contribution is 2.59. The number of unbranched alkanes of at least 4 members (excludes halogenated alkanes) is 1. The van der Waals surface area contributed by atoms with Crippen LogP contribution in [0.1, 0.15) is 51.9 Å². The number of rotatable bonds is 7. The summed E-state index contributed by atoms with van der Waals surface area (Å²) in [5.74, 6) is 5.90. The van der Waals surface area contributed by atoms with Gasteiger partial charge in [-0.25, -0.2) is 0 Å². The van der Waals surface area contributed by atoms with Gasteiger partial charge in [-0.15, -0.1) is 12.3 Å². The second-order valence-corrected chi connectivity index (χ2v) is 5.49. The highest BCUT2D eigenvalue weighted by Gasteiger charge is 2.55. The van der Waals surface area contributed by atoms with Gasteiger partial charge in [-0.05, 0) is 56.4 Å². The fraction of sp³-hybridized carbons (Fsp3) is 0.867. The average Bonchev–Trinajstić information content (AvgIpc) is 2.77. The summed E-state index contributed by atoms with van der Waals surface area (Å²) in [5.41, 5.74) is 0. The van der Waals surface area contributed by atoms with Crippen LogP contribution in [0.25, 0.3) is 0 Å². The molecule has 2 rings (SSSR count). The molecule has 2 fully saturated rings. The van der Waals surface area contributed by atoms with Gasteiger partial charge in [-0.2, -0.15) is 0 Å². The Hall–Kier alpha value is -0.480. The molecule has 0 saturated heterocycles. The van der Waals surface area contributed by atoms with Gasteiger partial charge >= 0.3 is 0 Å². The Kier molecular flexibility index (Phi) is 4.29. The van der Waals surface area contributed by atoms with E-state index in [1.807, 2.05) is 0 Å². The third-order valence-corrected chi connectivity index (χ3v) is 4.43. The Morgan fingerprint density at radius 3 is 2.75 bits per heavy atom. The maximum atomic E-state index is 5.33. The molecule has 0 aromatic heterocycles. The van der Waals surface area contributed by atoms with E-state index in [2.05, 4.69) is 18.2 Å². The Morgan fingerprint density at radius 1 is 1.38 bits per heavy atom. The van der Waals surface area contributed by atoms with Gasteiger partial charge < -0.3 is 5.32 Å². The molecule has 2 aliphatic carbocycles. The zero-order valence-corrected chi connectivity index (χ0v) is 10.5. The lowest BCUT2D eigenvalue weighted by Crippen LogP contribution is -2.33. The Morgan fingerprint density at radius 2 is 2.12 bits per heavy atom. The molecule has 3 atom stereocenters. The van der Waals surface area contributed by atoms with E-state index in [1.54, 1.807) is 0 Å². The van der Waals surface area contributed by atoms with Gasteiger partial charge in [0, 0.05) is 12.5 Å². The van der Waals surface area contributed by atoms with Crippen molar-refractivity contribution in [1.82, 2.24) is 5.32 Å². The lowest BCUT2D eigenvalue weighted by atomic mass is 9.99. The largest absolute Gasteiger partial charge is 0.314 e. The molecule has 1 heteroatoms. The highest BCUT2D eigenvalue weighted by atomic mass is 14.9. The van der Waals surface area contributed by atoms with E-state index in [9.17, 15) is 0 Å². The minimum Gasteiger partial charge on any atom is -0.314 e. The SMILES string of the molecule is C#CCCCC(NCCC)C1C2CCCC21. The summed E-state index contributed by atoms with van der Waals surface area (Å²) < 4.78 is 0. The molecule has 0 aromatic carbocycles. The van der Waals surface area contributed by atoms with E-state index in [-0.39, 0.29) is 0 Å². The number of fused-ring (bicyclic) bond motifs is 1. The zero-order chi connectivity index (χ0) is 11.4. The first-order chi connectivity index (χ1) is 7.88. The van der Waals surface area contributed by atoms with Crippen molar-refractivity contribution in [3.63, 3.8) is 0 Å². The predicted octanol–water partition coefficient (Wildman–Crippen LogP) is 3.20. The summed E-state index contributed by atoms with van der Waals surface area (Å²) in [6.45, 7) is 3.43. The molecule has 3 unspecified atom stereocenters. The van der Waals surface area contributed by atoms with Crippen LogP contribution in [0.5, 0.6) is 0 Å². The van der Waals surface area contributed by atoms with Gasteiger partial charge in [0.05, 0.1) is 0 Å². The van der Waals surface area contributed by atoms with Crippen molar-refractivity contribution in [3.05, 3.63) is 0 Å². The van der Waals surface area contributed by atoms with Gasteiger partial charge in [-0.1, -0.05) is 13.3 Å². The van der Waals surface area contributed by atoms with Crippen molar-refractivity contribution < 1.29 is 0 Å². The molecule has 0 amide bonds. The Balaban J connectivity index is 1.76. The third kappa shape index (κ3) is 2.61. The fourth-order valence-corrected chi connectivity index (χ4v) is 3.66. The summed E-state index contributed by atoms with van der Waals surface area (Å²) >= 11 is 0. The number of nitrogens with one attached hydrogen (secondary N) is 1. The van der Waals surface area contributed by atoms with Gasteiger partial charge in [0.25, 0.3) is 0 Å². The topological polar surface area (TPSA) is 12.0 Å². The summed E-state index contributed by atoms with van der Waals surface area (Å²) in [6.07, 6.45) is 14.5. The van der Waals surface area contributed by atoms with Crippen molar-refractivity contribution in [3.8, 4) is 12.3 Å². The molecule has 0 bridgehead atoms. The molecule has 90 valence electrons. The summed E-state index contributed by atoms with van der Waals surface area (Å²) in [4.78, 5) is 0. The van der Waals surface area contributed by atoms with E-state index in [4.69, 9.17) is 6.42 Å². The number of terminal acetylenes is 1. The molecular formula is C15H25N. The minimum atomic E-state index is 0.767. The van der Waals surface area contributed by atoms with Crippen molar-refractivity contribution in [2.24, 2.45) is 17.8 Å². The second-order valence-electron chi connectivity index (χ2n) is 5.49. The van der Waals surface area contributed by atoms with Crippen molar-refractivity contribution in [2.45, 2.75) is 57.9 Å². The first-order valence-corrected chi connectivity index (χ1v) is 7.05. The first-order valence-electron chi connectivity index (χ1n) is 7.05. The highest BCUT2D eigenvalue weighted by molar-refractivity contribution is 5.06. The maximum Gasteiger partial charge on any atom is 0.0101 e. The molecule has 0 heterocycles. The van der Waals surface area contributed by atoms with Crippen LogP contribution in [0, 0.1) is 30.1 Å². The van der Waals surface area contributed by atoms with Crippen LogP contribution in [0.15, 0.2) is 0 Å². The number of hydrogen-bond donors (Lipinski definition) is 1. The fourth-order valence-electron chi connectivity index (χ4n) is 3.66. The molecule has 2 saturated carbocycles. The van der Waals surface area contributed by atoms with Crippen LogP contribution in [0.4, 0.5) is 0 Å². The molecule has 1 nitrogen and oxygen atoms in total. The Bertz CT molecular complexity index is 243. The van der Waals surface area contributed by atoms with Gasteiger partial charge in [0.2, 0.25) is 0 Å². The van der Waals surface area contributed by atoms with Crippen LogP contribution in [0.2, 0.25) is 0 Å². The molecular weight excluding hydrogens is 194 g/mol. The van der Waals surface area contributed by atoms with E-state index in [0.717, 1.165) is 30.2 Å². The second kappa shape index (κ2) is 5.73. The minimum absolute atomic E-state index is 0.767. The molecule has 0 radical (unpaired) electrons. The lowest BCUT2D eigenvalue weighted by Gasteiger charge is -2.20. The van der Waals surface area contributed by atoms with Gasteiger partial charge in [0.1, 0.15) is 0 Å². The van der Waals surface area contributed by atoms with Crippen molar-refractivity contribution in [2.75, 3.05) is 6.54 Å². The van der Waals surface area contributed by atoms with Crippen LogP contribution >= 0.6 is 0 Å². The van der Waals surface area contributed by atoms with E-state index >= 15 is 0 Å². The van der Waals surface area contributed by atoms with Gasteiger partial charge in [0.15, 0.2) is 0 Å². The molecule has 0 aliphatic heterocycles. The van der Waals surface area contributed by atoms with Crippen LogP contribution in [-0.2, 0) is 0 Å². The Labute approximate surface area is 100 Å². The molecule has 0 aromatic rings. The molecule has 0 spiro atoms. The predicted molar refractivity (Wildman–Crippen MR) is 69.1 cm³/mol. The molecule has 16 heavy (non-hydrogen) atoms. The van der Waals surface area contributed by atoms with Crippen molar-refractivity contribution in [1.29, 1.82) is 0 Å². The van der Waals surface area contributed by atoms with E-state index < -0.39 is 0 Å². The van der Waals surface area contributed by atoms with E-state index in [0.29, 0.717) is 0 Å². The van der Waals surface area contributed by atoms with Gasteiger partial charge in [-0.3, -0.25) is 0 Å². The number of hydrogen-bond acceptors (Lipinski definition) is 1. The van der Waals surface area contributed by atoms with Crippen LogP contribution < -0.4 is 5.32 Å². The normalized spacial score (nSPS) is 33.1. The molecule has 1 N–H and O–H groups in total. The first kappa shape index (κ1) is 12.0. The summed E-state index contributed by atoms with van der Waals surface area (Å²) in [7, 11) is 0. The van der Waals surface area contributed by atoms with Crippen molar-refractivity contribution >= 4 is 0 Å². The zero-order valence-electron chi connectivity index (χ0n) is 10.5. The van der Waals surface area contributed by atoms with E-state index in [1.165, 1.54) is 45.1 Å². The smallest absolute Gasteiger partial charge is 0.0101 e. The average molecular weight is 219 g/mol. The monoisotopic (exact) mass is 219 g/mol. The summed E-state index contributed by atoms with van der Waals surface area (Å²) in [6, 6.07) is 0.767. The quantitative estimate of drug-likeness (QED) is 0.512. The van der Waals surface area contributed by atoms with Crippen LogP contribution in [0.3, 0.4) is 0 Å². The third-order valence-electron chi connectivity index (χ3n) is 4.43. The maximum absolute atomic E-state index is 5.33. The standard InChI is InChI=1S/C15H25N/c1-3-5-6-10-14(16-11-4-2)15-12-8-7-9-13(12)15/h1,12-16H,4-11H2,2H3. The lowest BCUT2D eigenvalue weighted by molar-refractivity contribution is 0.379. The molecule has 2 aliphatic rings.